The Morgan fingerprint density at radius 3 is 2.11 bits per heavy atom. The second-order valence-electron chi connectivity index (χ2n) is 6.15. The van der Waals surface area contributed by atoms with Gasteiger partial charge < -0.3 is 4.90 Å². The van der Waals surface area contributed by atoms with E-state index in [-0.39, 0.29) is 10.8 Å². The van der Waals surface area contributed by atoms with Gasteiger partial charge in [0.05, 0.1) is 4.90 Å². The van der Waals surface area contributed by atoms with Crippen LogP contribution in [0.2, 0.25) is 0 Å². The molecule has 0 heterocycles. The van der Waals surface area contributed by atoms with Crippen molar-refractivity contribution in [3.63, 3.8) is 0 Å². The summed E-state index contributed by atoms with van der Waals surface area (Å²) in [4.78, 5) is 14.4. The zero-order chi connectivity index (χ0) is 19.4. The third kappa shape index (κ3) is 4.17. The molecule has 0 bridgehead atoms. The summed E-state index contributed by atoms with van der Waals surface area (Å²) < 4.78 is 28.2. The predicted molar refractivity (Wildman–Crippen MR) is 108 cm³/mol. The Morgan fingerprint density at radius 2 is 1.48 bits per heavy atom. The van der Waals surface area contributed by atoms with Crippen molar-refractivity contribution in [1.29, 1.82) is 0 Å². The average molecular weight is 380 g/mol. The summed E-state index contributed by atoms with van der Waals surface area (Å²) in [6.45, 7) is 1.70. The van der Waals surface area contributed by atoms with Gasteiger partial charge in [-0.2, -0.15) is 0 Å². The molecule has 6 heteroatoms. The quantitative estimate of drug-likeness (QED) is 0.725. The van der Waals surface area contributed by atoms with Crippen LogP contribution >= 0.6 is 0 Å². The molecule has 0 atom stereocenters. The van der Waals surface area contributed by atoms with E-state index in [0.29, 0.717) is 16.8 Å². The van der Waals surface area contributed by atoms with E-state index in [1.165, 1.54) is 11.0 Å². The van der Waals surface area contributed by atoms with E-state index in [0.717, 1.165) is 5.69 Å². The minimum Gasteiger partial charge on any atom is -0.311 e. The summed E-state index contributed by atoms with van der Waals surface area (Å²) in [6.07, 6.45) is 0. The van der Waals surface area contributed by atoms with Gasteiger partial charge in [0.1, 0.15) is 0 Å². The number of nitrogens with one attached hydrogen (secondary N) is 1. The van der Waals surface area contributed by atoms with Crippen LogP contribution in [0.15, 0.2) is 83.8 Å². The summed E-state index contributed by atoms with van der Waals surface area (Å²) in [5, 5.41) is 0. The lowest BCUT2D eigenvalue weighted by molar-refractivity contribution is 0.0993. The Morgan fingerprint density at radius 1 is 0.889 bits per heavy atom. The van der Waals surface area contributed by atoms with E-state index in [1.807, 2.05) is 36.4 Å². The zero-order valence-electron chi connectivity index (χ0n) is 15.1. The number of para-hydroxylation sites is 2. The summed E-state index contributed by atoms with van der Waals surface area (Å²) in [5.74, 6) is -0.280. The van der Waals surface area contributed by atoms with Crippen molar-refractivity contribution in [1.82, 2.24) is 0 Å². The Bertz CT molecular complexity index is 1050. The van der Waals surface area contributed by atoms with E-state index in [2.05, 4.69) is 4.72 Å². The van der Waals surface area contributed by atoms with Gasteiger partial charge in [-0.15, -0.1) is 0 Å². The average Bonchev–Trinajstić information content (AvgIpc) is 2.68. The molecule has 0 saturated carbocycles. The summed E-state index contributed by atoms with van der Waals surface area (Å²) >= 11 is 0. The van der Waals surface area contributed by atoms with Gasteiger partial charge in [0.25, 0.3) is 15.9 Å². The molecular formula is C21H20N2O3S. The van der Waals surface area contributed by atoms with Crippen LogP contribution in [0.1, 0.15) is 15.9 Å². The maximum absolute atomic E-state index is 12.8. The number of hydrogen-bond acceptors (Lipinski definition) is 3. The second-order valence-corrected chi connectivity index (χ2v) is 7.80. The molecule has 0 saturated heterocycles. The SMILES string of the molecule is Cc1ccc(C(=O)N(C)c2ccccc2)cc1S(=O)(=O)Nc1ccccc1. The normalized spacial score (nSPS) is 11.0. The zero-order valence-corrected chi connectivity index (χ0v) is 15.9. The van der Waals surface area contributed by atoms with Gasteiger partial charge in [0, 0.05) is 24.0 Å². The molecule has 1 N–H and O–H groups in total. The molecule has 27 heavy (non-hydrogen) atoms. The van der Waals surface area contributed by atoms with Gasteiger partial charge in [-0.25, -0.2) is 8.42 Å². The molecule has 0 unspecified atom stereocenters. The van der Waals surface area contributed by atoms with E-state index in [1.54, 1.807) is 50.4 Å². The lowest BCUT2D eigenvalue weighted by atomic mass is 10.1. The van der Waals surface area contributed by atoms with Gasteiger partial charge in [-0.3, -0.25) is 9.52 Å². The first kappa shape index (κ1) is 18.7. The smallest absolute Gasteiger partial charge is 0.262 e. The van der Waals surface area contributed by atoms with Crippen molar-refractivity contribution in [2.45, 2.75) is 11.8 Å². The number of aryl methyl sites for hydroxylation is 1. The number of sulfonamides is 1. The van der Waals surface area contributed by atoms with E-state index < -0.39 is 10.0 Å². The van der Waals surface area contributed by atoms with Crippen molar-refractivity contribution in [2.75, 3.05) is 16.7 Å². The first-order valence-electron chi connectivity index (χ1n) is 8.40. The van der Waals surface area contributed by atoms with Gasteiger partial charge in [-0.1, -0.05) is 42.5 Å². The Hall–Kier alpha value is -3.12. The molecule has 3 aromatic carbocycles. The molecule has 5 nitrogen and oxygen atoms in total. The maximum atomic E-state index is 12.8. The summed E-state index contributed by atoms with van der Waals surface area (Å²) in [6, 6.07) is 22.5. The fourth-order valence-corrected chi connectivity index (χ4v) is 4.03. The monoisotopic (exact) mass is 380 g/mol. The maximum Gasteiger partial charge on any atom is 0.262 e. The van der Waals surface area contributed by atoms with Crippen molar-refractivity contribution in [3.8, 4) is 0 Å². The lowest BCUT2D eigenvalue weighted by Crippen LogP contribution is -2.26. The van der Waals surface area contributed by atoms with Crippen LogP contribution in [0.3, 0.4) is 0 Å². The highest BCUT2D eigenvalue weighted by Gasteiger charge is 2.21. The van der Waals surface area contributed by atoms with Gasteiger partial charge in [0.15, 0.2) is 0 Å². The number of rotatable bonds is 5. The summed E-state index contributed by atoms with van der Waals surface area (Å²) in [7, 11) is -2.15. The topological polar surface area (TPSA) is 66.5 Å². The minimum atomic E-state index is -3.81. The molecule has 0 aromatic heterocycles. The van der Waals surface area contributed by atoms with Crippen LogP contribution in [0.25, 0.3) is 0 Å². The highest BCUT2D eigenvalue weighted by Crippen LogP contribution is 2.22. The highest BCUT2D eigenvalue weighted by molar-refractivity contribution is 7.92. The molecule has 0 fully saturated rings. The van der Waals surface area contributed by atoms with Crippen LogP contribution in [-0.2, 0) is 10.0 Å². The number of nitrogens with zero attached hydrogens (tertiary/aromatic N) is 1. The highest BCUT2D eigenvalue weighted by atomic mass is 32.2. The predicted octanol–water partition coefficient (Wildman–Crippen LogP) is 4.07. The fourth-order valence-electron chi connectivity index (χ4n) is 2.70. The third-order valence-electron chi connectivity index (χ3n) is 4.20. The molecule has 1 amide bonds. The van der Waals surface area contributed by atoms with E-state index in [9.17, 15) is 13.2 Å². The Labute approximate surface area is 159 Å². The van der Waals surface area contributed by atoms with Crippen molar-refractivity contribution >= 4 is 27.3 Å². The van der Waals surface area contributed by atoms with Crippen molar-refractivity contribution in [2.24, 2.45) is 0 Å². The first-order valence-corrected chi connectivity index (χ1v) is 9.88. The lowest BCUT2D eigenvalue weighted by Gasteiger charge is -2.18. The van der Waals surface area contributed by atoms with Crippen LogP contribution in [0.4, 0.5) is 11.4 Å². The van der Waals surface area contributed by atoms with Crippen LogP contribution in [-0.4, -0.2) is 21.4 Å². The van der Waals surface area contributed by atoms with Gasteiger partial charge in [0.2, 0.25) is 0 Å². The molecule has 138 valence electrons. The molecule has 0 aliphatic rings. The molecule has 3 aromatic rings. The van der Waals surface area contributed by atoms with Crippen molar-refractivity contribution in [3.05, 3.63) is 90.0 Å². The second kappa shape index (κ2) is 7.63. The third-order valence-corrected chi connectivity index (χ3v) is 5.72. The minimum absolute atomic E-state index is 0.0821. The molecule has 0 radical (unpaired) electrons. The molecule has 3 rings (SSSR count). The fraction of sp³-hybridized carbons (Fsp3) is 0.0952. The van der Waals surface area contributed by atoms with Crippen molar-refractivity contribution < 1.29 is 13.2 Å². The largest absolute Gasteiger partial charge is 0.311 e. The number of benzene rings is 3. The Kier molecular flexibility index (Phi) is 5.28. The van der Waals surface area contributed by atoms with Crippen LogP contribution in [0.5, 0.6) is 0 Å². The number of carbonyl (C=O) groups excluding carboxylic acids is 1. The number of carbonyl (C=O) groups is 1. The van der Waals surface area contributed by atoms with E-state index >= 15 is 0 Å². The molecule has 0 spiro atoms. The number of amides is 1. The summed E-state index contributed by atoms with van der Waals surface area (Å²) in [5.41, 5.74) is 2.07. The number of hydrogen-bond donors (Lipinski definition) is 1. The first-order chi connectivity index (χ1) is 12.9. The number of anilines is 2. The Balaban J connectivity index is 1.93. The molecule has 0 aliphatic heterocycles. The van der Waals surface area contributed by atoms with E-state index in [4.69, 9.17) is 0 Å². The standard InChI is InChI=1S/C21H20N2O3S/c1-16-13-14-17(21(24)23(2)19-11-7-4-8-12-19)15-20(16)27(25,26)22-18-9-5-3-6-10-18/h3-15,22H,1-2H3. The van der Waals surface area contributed by atoms with Crippen LogP contribution < -0.4 is 9.62 Å². The van der Waals surface area contributed by atoms with Gasteiger partial charge in [-0.05, 0) is 48.9 Å². The molecular weight excluding hydrogens is 360 g/mol. The van der Waals surface area contributed by atoms with Gasteiger partial charge >= 0.3 is 0 Å². The van der Waals surface area contributed by atoms with Crippen LogP contribution in [0, 0.1) is 6.92 Å². The molecule has 0 aliphatic carbocycles.